The van der Waals surface area contributed by atoms with Gasteiger partial charge in [0.1, 0.15) is 6.04 Å². The number of halogens is 3. The standard InChI is InChI=1S/C19H21F3N2O/c1-4-12-9-13-7-5-6-8-14(13)10-15(12)16(19(20,21)22)24-11-18(2,3)17(25)23-24/h5-10,16H,4,11H2,1-3H3,(H,23,25)/t16-/m0/s1. The molecule has 2 aromatic rings. The summed E-state index contributed by atoms with van der Waals surface area (Å²) in [6.45, 7) is 5.15. The van der Waals surface area contributed by atoms with Crippen molar-refractivity contribution in [3.8, 4) is 0 Å². The molecule has 0 bridgehead atoms. The highest BCUT2D eigenvalue weighted by molar-refractivity contribution is 5.85. The second kappa shape index (κ2) is 6.02. The highest BCUT2D eigenvalue weighted by Gasteiger charge is 2.51. The van der Waals surface area contributed by atoms with Gasteiger partial charge in [-0.1, -0.05) is 37.3 Å². The Morgan fingerprint density at radius 2 is 1.80 bits per heavy atom. The zero-order chi connectivity index (χ0) is 18.4. The Morgan fingerprint density at radius 1 is 1.20 bits per heavy atom. The lowest BCUT2D eigenvalue weighted by atomic mass is 9.91. The SMILES string of the molecule is CCc1cc2ccccc2cc1[C@H](N1CC(C)(C)C(=O)N1)C(F)(F)F. The third kappa shape index (κ3) is 3.23. The van der Waals surface area contributed by atoms with Crippen molar-refractivity contribution < 1.29 is 18.0 Å². The molecular weight excluding hydrogens is 329 g/mol. The number of fused-ring (bicyclic) bond motifs is 1. The zero-order valence-electron chi connectivity index (χ0n) is 14.4. The number of amides is 1. The first-order valence-electron chi connectivity index (χ1n) is 8.29. The molecule has 1 aliphatic rings. The van der Waals surface area contributed by atoms with E-state index in [2.05, 4.69) is 5.43 Å². The first-order chi connectivity index (χ1) is 11.6. The molecular formula is C19H21F3N2O. The van der Waals surface area contributed by atoms with E-state index in [0.717, 1.165) is 15.8 Å². The van der Waals surface area contributed by atoms with Gasteiger partial charge < -0.3 is 0 Å². The summed E-state index contributed by atoms with van der Waals surface area (Å²) < 4.78 is 41.9. The maximum Gasteiger partial charge on any atom is 0.409 e. The summed E-state index contributed by atoms with van der Waals surface area (Å²) in [6, 6.07) is 8.92. The van der Waals surface area contributed by atoms with Crippen LogP contribution in [0.3, 0.4) is 0 Å². The minimum Gasteiger partial charge on any atom is -0.287 e. The van der Waals surface area contributed by atoms with Gasteiger partial charge in [-0.05, 0) is 48.2 Å². The summed E-state index contributed by atoms with van der Waals surface area (Å²) in [5, 5.41) is 2.70. The van der Waals surface area contributed by atoms with E-state index >= 15 is 0 Å². The van der Waals surface area contributed by atoms with Gasteiger partial charge in [-0.2, -0.15) is 13.2 Å². The van der Waals surface area contributed by atoms with E-state index in [1.54, 1.807) is 32.0 Å². The number of aryl methyl sites for hydroxylation is 1. The van der Waals surface area contributed by atoms with Crippen molar-refractivity contribution in [1.29, 1.82) is 0 Å². The Kier molecular flexibility index (Phi) is 4.27. The normalized spacial score (nSPS) is 19.2. The van der Waals surface area contributed by atoms with Crippen molar-refractivity contribution in [3.63, 3.8) is 0 Å². The summed E-state index contributed by atoms with van der Waals surface area (Å²) in [5.74, 6) is -0.388. The van der Waals surface area contributed by atoms with E-state index in [4.69, 9.17) is 0 Å². The minimum atomic E-state index is -4.50. The molecule has 0 unspecified atom stereocenters. The van der Waals surface area contributed by atoms with Crippen molar-refractivity contribution in [2.45, 2.75) is 39.4 Å². The number of rotatable bonds is 3. The molecule has 0 aromatic heterocycles. The fourth-order valence-electron chi connectivity index (χ4n) is 3.36. The summed E-state index contributed by atoms with van der Waals surface area (Å²) >= 11 is 0. The lowest BCUT2D eigenvalue weighted by Crippen LogP contribution is -2.44. The monoisotopic (exact) mass is 350 g/mol. The first-order valence-corrected chi connectivity index (χ1v) is 8.29. The van der Waals surface area contributed by atoms with Crippen LogP contribution in [0.2, 0.25) is 0 Å². The molecule has 1 atom stereocenters. The van der Waals surface area contributed by atoms with Crippen molar-refractivity contribution in [1.82, 2.24) is 10.4 Å². The highest BCUT2D eigenvalue weighted by Crippen LogP contribution is 2.42. The summed E-state index contributed by atoms with van der Waals surface area (Å²) in [4.78, 5) is 12.0. The van der Waals surface area contributed by atoms with Crippen LogP contribution in [0.1, 0.15) is 37.9 Å². The molecule has 1 aliphatic heterocycles. The van der Waals surface area contributed by atoms with E-state index in [-0.39, 0.29) is 18.0 Å². The van der Waals surface area contributed by atoms with Gasteiger partial charge in [-0.15, -0.1) is 0 Å². The van der Waals surface area contributed by atoms with Gasteiger partial charge in [0.25, 0.3) is 0 Å². The number of hydrogen-bond acceptors (Lipinski definition) is 2. The third-order valence-corrected chi connectivity index (χ3v) is 4.73. The molecule has 134 valence electrons. The number of carbonyl (C=O) groups is 1. The van der Waals surface area contributed by atoms with E-state index in [0.29, 0.717) is 12.0 Å². The summed E-state index contributed by atoms with van der Waals surface area (Å²) in [6.07, 6.45) is -4.02. The molecule has 25 heavy (non-hydrogen) atoms. The summed E-state index contributed by atoms with van der Waals surface area (Å²) in [7, 11) is 0. The Morgan fingerprint density at radius 3 is 2.28 bits per heavy atom. The second-order valence-electron chi connectivity index (χ2n) is 7.15. The number of benzene rings is 2. The number of nitrogens with one attached hydrogen (secondary N) is 1. The largest absolute Gasteiger partial charge is 0.409 e. The molecule has 0 radical (unpaired) electrons. The van der Waals surface area contributed by atoms with Crippen LogP contribution < -0.4 is 5.43 Å². The Labute approximate surface area is 144 Å². The topological polar surface area (TPSA) is 32.3 Å². The van der Waals surface area contributed by atoms with Gasteiger partial charge in [0.2, 0.25) is 5.91 Å². The molecule has 0 spiro atoms. The maximum absolute atomic E-state index is 14.0. The van der Waals surface area contributed by atoms with E-state index in [1.165, 1.54) is 0 Å². The molecule has 1 heterocycles. The van der Waals surface area contributed by atoms with E-state index in [9.17, 15) is 18.0 Å². The van der Waals surface area contributed by atoms with Gasteiger partial charge >= 0.3 is 6.18 Å². The van der Waals surface area contributed by atoms with Crippen molar-refractivity contribution in [3.05, 3.63) is 47.5 Å². The van der Waals surface area contributed by atoms with E-state index < -0.39 is 17.6 Å². The van der Waals surface area contributed by atoms with Gasteiger partial charge in [-0.25, -0.2) is 5.01 Å². The average molecular weight is 350 g/mol. The quantitative estimate of drug-likeness (QED) is 0.891. The lowest BCUT2D eigenvalue weighted by molar-refractivity contribution is -0.191. The molecule has 6 heteroatoms. The molecule has 1 fully saturated rings. The van der Waals surface area contributed by atoms with Crippen molar-refractivity contribution in [2.24, 2.45) is 5.41 Å². The summed E-state index contributed by atoms with van der Waals surface area (Å²) in [5.41, 5.74) is 2.41. The minimum absolute atomic E-state index is 0.00594. The molecule has 0 aliphatic carbocycles. The van der Waals surface area contributed by atoms with Gasteiger partial charge in [0, 0.05) is 6.54 Å². The highest BCUT2D eigenvalue weighted by atomic mass is 19.4. The number of hydrazine groups is 1. The van der Waals surface area contributed by atoms with Crippen LogP contribution in [-0.4, -0.2) is 23.6 Å². The molecule has 3 rings (SSSR count). The van der Waals surface area contributed by atoms with Crippen molar-refractivity contribution >= 4 is 16.7 Å². The first kappa shape index (κ1) is 17.7. The fraction of sp³-hybridized carbons (Fsp3) is 0.421. The van der Waals surface area contributed by atoms with Gasteiger partial charge in [-0.3, -0.25) is 10.2 Å². The molecule has 3 nitrogen and oxygen atoms in total. The third-order valence-electron chi connectivity index (χ3n) is 4.73. The van der Waals surface area contributed by atoms with Crippen LogP contribution in [0.4, 0.5) is 13.2 Å². The average Bonchev–Trinajstić information content (AvgIpc) is 2.78. The fourth-order valence-corrected chi connectivity index (χ4v) is 3.36. The maximum atomic E-state index is 14.0. The Bertz CT molecular complexity index is 814. The second-order valence-corrected chi connectivity index (χ2v) is 7.15. The number of hydrogen-bond donors (Lipinski definition) is 1. The van der Waals surface area contributed by atoms with E-state index in [1.807, 2.05) is 25.1 Å². The number of nitrogens with zero attached hydrogens (tertiary/aromatic N) is 1. The Balaban J connectivity index is 2.14. The zero-order valence-corrected chi connectivity index (χ0v) is 14.4. The lowest BCUT2D eigenvalue weighted by Gasteiger charge is -2.31. The van der Waals surface area contributed by atoms with Crippen LogP contribution in [0.5, 0.6) is 0 Å². The van der Waals surface area contributed by atoms with Crippen LogP contribution in [0.15, 0.2) is 36.4 Å². The van der Waals surface area contributed by atoms with Crippen LogP contribution >= 0.6 is 0 Å². The molecule has 1 N–H and O–H groups in total. The van der Waals surface area contributed by atoms with Crippen LogP contribution in [0, 0.1) is 5.41 Å². The predicted octanol–water partition coefficient (Wildman–Crippen LogP) is 4.38. The van der Waals surface area contributed by atoms with Gasteiger partial charge in [0.05, 0.1) is 5.41 Å². The predicted molar refractivity (Wildman–Crippen MR) is 90.8 cm³/mol. The number of alkyl halides is 3. The van der Waals surface area contributed by atoms with Crippen molar-refractivity contribution in [2.75, 3.05) is 6.54 Å². The van der Waals surface area contributed by atoms with Gasteiger partial charge in [0.15, 0.2) is 0 Å². The smallest absolute Gasteiger partial charge is 0.287 e. The Hall–Kier alpha value is -2.08. The molecule has 0 saturated carbocycles. The molecule has 1 amide bonds. The van der Waals surface area contributed by atoms with Crippen LogP contribution in [0.25, 0.3) is 10.8 Å². The number of carbonyl (C=O) groups excluding carboxylic acids is 1. The molecule has 1 saturated heterocycles. The molecule has 2 aromatic carbocycles. The van der Waals surface area contributed by atoms with Crippen LogP contribution in [-0.2, 0) is 11.2 Å².